The zero-order valence-corrected chi connectivity index (χ0v) is 12.2. The van der Waals surface area contributed by atoms with E-state index in [0.717, 1.165) is 32.6 Å². The van der Waals surface area contributed by atoms with Gasteiger partial charge in [0.25, 0.3) is 0 Å². The van der Waals surface area contributed by atoms with Crippen molar-refractivity contribution in [1.82, 2.24) is 14.7 Å². The van der Waals surface area contributed by atoms with Gasteiger partial charge in [-0.2, -0.15) is 5.10 Å². The maximum atomic E-state index is 12.2. The number of nitrogens with zero attached hydrogens (tertiary/aromatic N) is 3. The number of rotatable bonds is 8. The molecule has 0 aliphatic heterocycles. The molecule has 1 rings (SSSR count). The summed E-state index contributed by atoms with van der Waals surface area (Å²) >= 11 is 6.04. The number of carbonyl (C=O) groups is 1. The second kappa shape index (κ2) is 7.54. The molecule has 0 radical (unpaired) electrons. The summed E-state index contributed by atoms with van der Waals surface area (Å²) in [5.74, 6) is 0.0813. The zero-order valence-electron chi connectivity index (χ0n) is 11.4. The fourth-order valence-corrected chi connectivity index (χ4v) is 2.19. The fraction of sp³-hybridized carbons (Fsp3) is 0.692. The predicted molar refractivity (Wildman–Crippen MR) is 74.3 cm³/mol. The summed E-state index contributed by atoms with van der Waals surface area (Å²) in [5.41, 5.74) is 0.561. The Morgan fingerprint density at radius 1 is 1.39 bits per heavy atom. The molecule has 102 valence electrons. The molecule has 1 aromatic rings. The van der Waals surface area contributed by atoms with Crippen LogP contribution in [0.25, 0.3) is 0 Å². The Balaban J connectivity index is 2.68. The molecule has 0 fully saturated rings. The molecule has 4 nitrogen and oxygen atoms in total. The summed E-state index contributed by atoms with van der Waals surface area (Å²) < 4.78 is 1.72. The molecule has 0 aliphatic rings. The standard InChI is InChI=1S/C13H22ClN3O/c1-4-8-17-13(11(14)10-15-17)12(18)7-9-16(5-2)6-3/h10H,4-9H2,1-3H3. The van der Waals surface area contributed by atoms with Gasteiger partial charge in [0.2, 0.25) is 0 Å². The first-order valence-electron chi connectivity index (χ1n) is 6.60. The number of halogens is 1. The van der Waals surface area contributed by atoms with Crippen molar-refractivity contribution in [2.45, 2.75) is 40.2 Å². The number of ketones is 1. The highest BCUT2D eigenvalue weighted by Gasteiger charge is 2.17. The third-order valence-electron chi connectivity index (χ3n) is 3.04. The van der Waals surface area contributed by atoms with Gasteiger partial charge in [-0.05, 0) is 19.5 Å². The molecular weight excluding hydrogens is 250 g/mol. The maximum absolute atomic E-state index is 12.2. The fourth-order valence-electron chi connectivity index (χ4n) is 1.94. The molecule has 1 aromatic heterocycles. The van der Waals surface area contributed by atoms with Crippen molar-refractivity contribution in [2.75, 3.05) is 19.6 Å². The lowest BCUT2D eigenvalue weighted by Gasteiger charge is -2.17. The first-order valence-corrected chi connectivity index (χ1v) is 6.98. The summed E-state index contributed by atoms with van der Waals surface area (Å²) in [6, 6.07) is 0. The Morgan fingerprint density at radius 3 is 2.61 bits per heavy atom. The van der Waals surface area contributed by atoms with Crippen LogP contribution in [0.3, 0.4) is 0 Å². The van der Waals surface area contributed by atoms with Gasteiger partial charge in [0, 0.05) is 19.5 Å². The number of hydrogen-bond acceptors (Lipinski definition) is 3. The minimum atomic E-state index is 0.0813. The van der Waals surface area contributed by atoms with Gasteiger partial charge in [-0.25, -0.2) is 0 Å². The van der Waals surface area contributed by atoms with Crippen LogP contribution in [0.4, 0.5) is 0 Å². The van der Waals surface area contributed by atoms with Crippen LogP contribution in [0.15, 0.2) is 6.20 Å². The van der Waals surface area contributed by atoms with Crippen molar-refractivity contribution in [1.29, 1.82) is 0 Å². The van der Waals surface area contributed by atoms with Gasteiger partial charge in [0.15, 0.2) is 5.78 Å². The highest BCUT2D eigenvalue weighted by Crippen LogP contribution is 2.17. The third-order valence-corrected chi connectivity index (χ3v) is 3.32. The van der Waals surface area contributed by atoms with Crippen molar-refractivity contribution in [3.8, 4) is 0 Å². The molecule has 5 heteroatoms. The Bertz CT molecular complexity index is 386. The van der Waals surface area contributed by atoms with Gasteiger partial charge in [-0.1, -0.05) is 32.4 Å². The molecule has 0 amide bonds. The monoisotopic (exact) mass is 271 g/mol. The van der Waals surface area contributed by atoms with E-state index in [1.165, 1.54) is 0 Å². The Labute approximate surface area is 114 Å². The molecule has 0 saturated heterocycles. The van der Waals surface area contributed by atoms with E-state index in [0.29, 0.717) is 17.1 Å². The highest BCUT2D eigenvalue weighted by atomic mass is 35.5. The van der Waals surface area contributed by atoms with E-state index in [2.05, 4.69) is 30.8 Å². The van der Waals surface area contributed by atoms with Crippen molar-refractivity contribution in [3.63, 3.8) is 0 Å². The second-order valence-corrected chi connectivity index (χ2v) is 4.67. The molecule has 0 saturated carbocycles. The Morgan fingerprint density at radius 2 is 2.06 bits per heavy atom. The van der Waals surface area contributed by atoms with Gasteiger partial charge >= 0.3 is 0 Å². The number of aromatic nitrogens is 2. The minimum Gasteiger partial charge on any atom is -0.303 e. The summed E-state index contributed by atoms with van der Waals surface area (Å²) in [4.78, 5) is 14.4. The highest BCUT2D eigenvalue weighted by molar-refractivity contribution is 6.33. The molecule has 0 spiro atoms. The van der Waals surface area contributed by atoms with E-state index in [4.69, 9.17) is 11.6 Å². The summed E-state index contributed by atoms with van der Waals surface area (Å²) in [6.07, 6.45) is 2.99. The first-order chi connectivity index (χ1) is 8.63. The van der Waals surface area contributed by atoms with Gasteiger partial charge in [-0.3, -0.25) is 9.48 Å². The number of Topliss-reactive ketones (excluding diaryl/α,β-unsaturated/α-hetero) is 1. The predicted octanol–water partition coefficient (Wildman–Crippen LogP) is 2.86. The topological polar surface area (TPSA) is 38.1 Å². The van der Waals surface area contributed by atoms with Crippen molar-refractivity contribution in [3.05, 3.63) is 16.9 Å². The molecule has 18 heavy (non-hydrogen) atoms. The second-order valence-electron chi connectivity index (χ2n) is 4.26. The zero-order chi connectivity index (χ0) is 13.5. The smallest absolute Gasteiger partial charge is 0.183 e. The number of hydrogen-bond donors (Lipinski definition) is 0. The normalized spacial score (nSPS) is 11.2. The molecule has 0 atom stereocenters. The van der Waals surface area contributed by atoms with Crippen LogP contribution in [0, 0.1) is 0 Å². The van der Waals surface area contributed by atoms with E-state index in [9.17, 15) is 4.79 Å². The molecule has 1 heterocycles. The van der Waals surface area contributed by atoms with E-state index >= 15 is 0 Å². The quantitative estimate of drug-likeness (QED) is 0.683. The van der Waals surface area contributed by atoms with Gasteiger partial charge < -0.3 is 4.90 Å². The first kappa shape index (κ1) is 15.2. The third kappa shape index (κ3) is 3.82. The molecular formula is C13H22ClN3O. The molecule has 0 N–H and O–H groups in total. The van der Waals surface area contributed by atoms with Crippen molar-refractivity contribution < 1.29 is 4.79 Å². The van der Waals surface area contributed by atoms with Crippen LogP contribution in [0.2, 0.25) is 5.02 Å². The SMILES string of the molecule is CCCn1ncc(Cl)c1C(=O)CCN(CC)CC. The van der Waals surface area contributed by atoms with Gasteiger partial charge in [-0.15, -0.1) is 0 Å². The van der Waals surface area contributed by atoms with E-state index in [1.54, 1.807) is 10.9 Å². The Hall–Kier alpha value is -0.870. The minimum absolute atomic E-state index is 0.0813. The van der Waals surface area contributed by atoms with Crippen LogP contribution in [-0.4, -0.2) is 40.1 Å². The van der Waals surface area contributed by atoms with Crippen molar-refractivity contribution >= 4 is 17.4 Å². The van der Waals surface area contributed by atoms with E-state index in [1.807, 2.05) is 0 Å². The van der Waals surface area contributed by atoms with Crippen molar-refractivity contribution in [2.24, 2.45) is 0 Å². The van der Waals surface area contributed by atoms with Crippen LogP contribution in [0.1, 0.15) is 44.1 Å². The van der Waals surface area contributed by atoms with Crippen LogP contribution in [0.5, 0.6) is 0 Å². The number of aryl methyl sites for hydroxylation is 1. The van der Waals surface area contributed by atoms with Crippen LogP contribution < -0.4 is 0 Å². The lowest BCUT2D eigenvalue weighted by molar-refractivity contribution is 0.0956. The van der Waals surface area contributed by atoms with Gasteiger partial charge in [0.05, 0.1) is 11.2 Å². The summed E-state index contributed by atoms with van der Waals surface area (Å²) in [5, 5.41) is 4.61. The average molecular weight is 272 g/mol. The molecule has 0 aliphatic carbocycles. The molecule has 0 unspecified atom stereocenters. The van der Waals surface area contributed by atoms with E-state index < -0.39 is 0 Å². The molecule has 0 bridgehead atoms. The lowest BCUT2D eigenvalue weighted by Crippen LogP contribution is -2.26. The lowest BCUT2D eigenvalue weighted by atomic mass is 10.2. The summed E-state index contributed by atoms with van der Waals surface area (Å²) in [6.45, 7) is 9.69. The van der Waals surface area contributed by atoms with E-state index in [-0.39, 0.29) is 5.78 Å². The summed E-state index contributed by atoms with van der Waals surface area (Å²) in [7, 11) is 0. The van der Waals surface area contributed by atoms with Crippen LogP contribution >= 0.6 is 11.6 Å². The average Bonchev–Trinajstić information content (AvgIpc) is 2.72. The van der Waals surface area contributed by atoms with Gasteiger partial charge in [0.1, 0.15) is 5.69 Å². The maximum Gasteiger partial charge on any atom is 0.183 e. The molecule has 0 aromatic carbocycles. The Kier molecular flexibility index (Phi) is 6.36. The number of carbonyl (C=O) groups excluding carboxylic acids is 1. The largest absolute Gasteiger partial charge is 0.303 e. The van der Waals surface area contributed by atoms with Crippen LogP contribution in [-0.2, 0) is 6.54 Å².